The highest BCUT2D eigenvalue weighted by molar-refractivity contribution is 5.95. The second-order valence-corrected chi connectivity index (χ2v) is 5.28. The summed E-state index contributed by atoms with van der Waals surface area (Å²) in [7, 11) is 0. The van der Waals surface area contributed by atoms with E-state index in [9.17, 15) is 4.39 Å². The van der Waals surface area contributed by atoms with Gasteiger partial charge < -0.3 is 10.3 Å². The Kier molecular flexibility index (Phi) is 3.56. The molecule has 2 aromatic carbocycles. The van der Waals surface area contributed by atoms with Gasteiger partial charge >= 0.3 is 0 Å². The number of nitrogens with zero attached hydrogens (tertiary/aromatic N) is 4. The van der Waals surface area contributed by atoms with Crippen molar-refractivity contribution in [3.63, 3.8) is 0 Å². The number of imidazole rings is 1. The third-order valence-electron chi connectivity index (χ3n) is 3.74. The summed E-state index contributed by atoms with van der Waals surface area (Å²) in [6.45, 7) is 6.92. The van der Waals surface area contributed by atoms with Crippen molar-refractivity contribution in [1.82, 2.24) is 19.9 Å². The van der Waals surface area contributed by atoms with Crippen molar-refractivity contribution in [2.75, 3.05) is 5.32 Å². The average Bonchev–Trinajstić information content (AvgIpc) is 3.15. The van der Waals surface area contributed by atoms with Gasteiger partial charge in [-0.2, -0.15) is 0 Å². The highest BCUT2D eigenvalue weighted by Crippen LogP contribution is 2.33. The lowest BCUT2D eigenvalue weighted by Gasteiger charge is -2.10. The van der Waals surface area contributed by atoms with E-state index in [1.54, 1.807) is 6.07 Å². The molecule has 0 atom stereocenters. The largest absolute Gasteiger partial charge is 0.344 e. The summed E-state index contributed by atoms with van der Waals surface area (Å²) in [5, 5.41) is 2.86. The minimum atomic E-state index is -0.492. The van der Waals surface area contributed by atoms with Gasteiger partial charge in [-0.1, -0.05) is 30.3 Å². The average molecular weight is 330 g/mol. The number of halogens is 1. The molecule has 120 valence electrons. The Hall–Kier alpha value is -3.79. The van der Waals surface area contributed by atoms with Gasteiger partial charge in [0.25, 0.3) is 0 Å². The Morgan fingerprint density at radius 1 is 1.08 bits per heavy atom. The predicted octanol–water partition coefficient (Wildman–Crippen LogP) is 4.45. The predicted molar refractivity (Wildman–Crippen MR) is 93.1 cm³/mol. The van der Waals surface area contributed by atoms with Crippen LogP contribution in [-0.2, 0) is 0 Å². The van der Waals surface area contributed by atoms with Crippen LogP contribution in [0.2, 0.25) is 0 Å². The summed E-state index contributed by atoms with van der Waals surface area (Å²) in [6.07, 6.45) is 4.22. The molecule has 0 unspecified atom stereocenters. The molecule has 0 aliphatic carbocycles. The lowest BCUT2D eigenvalue weighted by molar-refractivity contribution is 0.641. The van der Waals surface area contributed by atoms with Crippen LogP contribution in [-0.4, -0.2) is 19.9 Å². The molecule has 6 nitrogen and oxygen atoms in total. The molecule has 0 saturated carbocycles. The van der Waals surface area contributed by atoms with Crippen LogP contribution in [0.5, 0.6) is 0 Å². The third-order valence-corrected chi connectivity index (χ3v) is 3.74. The van der Waals surface area contributed by atoms with Crippen molar-refractivity contribution in [2.45, 2.75) is 0 Å². The zero-order chi connectivity index (χ0) is 17.2. The monoisotopic (exact) mass is 330 g/mol. The number of aromatic amines is 1. The van der Waals surface area contributed by atoms with E-state index in [0.29, 0.717) is 11.2 Å². The quantitative estimate of drug-likeness (QED) is 0.544. The van der Waals surface area contributed by atoms with Crippen LogP contribution < -0.4 is 5.32 Å². The number of hydrogen-bond acceptors (Lipinski definition) is 4. The fraction of sp³-hybridized carbons (Fsp3) is 0. The molecular formula is C18H11FN6. The Bertz CT molecular complexity index is 1080. The first-order chi connectivity index (χ1) is 12.3. The minimum absolute atomic E-state index is 0.209. The molecule has 7 heteroatoms. The second-order valence-electron chi connectivity index (χ2n) is 5.28. The van der Waals surface area contributed by atoms with Crippen LogP contribution in [0, 0.1) is 12.4 Å². The molecule has 0 bridgehead atoms. The number of benzene rings is 2. The smallest absolute Gasteiger partial charge is 0.224 e. The summed E-state index contributed by atoms with van der Waals surface area (Å²) in [4.78, 5) is 18.4. The molecule has 4 aromatic rings. The summed E-state index contributed by atoms with van der Waals surface area (Å²) >= 11 is 0. The van der Waals surface area contributed by atoms with E-state index in [1.165, 1.54) is 18.7 Å². The fourth-order valence-corrected chi connectivity index (χ4v) is 2.57. The van der Waals surface area contributed by atoms with Crippen LogP contribution in [0.25, 0.3) is 27.0 Å². The molecule has 0 spiro atoms. The van der Waals surface area contributed by atoms with Crippen LogP contribution in [0.3, 0.4) is 0 Å². The third kappa shape index (κ3) is 2.66. The number of aromatic nitrogens is 4. The van der Waals surface area contributed by atoms with Gasteiger partial charge in [-0.05, 0) is 11.6 Å². The van der Waals surface area contributed by atoms with Gasteiger partial charge in [-0.3, -0.25) is 0 Å². The van der Waals surface area contributed by atoms with Crippen molar-refractivity contribution in [1.29, 1.82) is 0 Å². The van der Waals surface area contributed by atoms with E-state index in [2.05, 4.69) is 30.1 Å². The number of rotatable bonds is 3. The van der Waals surface area contributed by atoms with Gasteiger partial charge in [0, 0.05) is 18.0 Å². The molecule has 0 amide bonds. The molecule has 0 saturated heterocycles. The van der Waals surface area contributed by atoms with E-state index in [0.717, 1.165) is 11.1 Å². The second kappa shape index (κ2) is 6.02. The molecule has 0 fully saturated rings. The lowest BCUT2D eigenvalue weighted by atomic mass is 10.0. The van der Waals surface area contributed by atoms with Crippen molar-refractivity contribution in [3.8, 4) is 11.1 Å². The van der Waals surface area contributed by atoms with E-state index >= 15 is 0 Å². The van der Waals surface area contributed by atoms with Gasteiger partial charge in [0.05, 0.1) is 24.1 Å². The fourth-order valence-electron chi connectivity index (χ4n) is 2.57. The van der Waals surface area contributed by atoms with Crippen LogP contribution in [0.15, 0.2) is 55.1 Å². The summed E-state index contributed by atoms with van der Waals surface area (Å²) in [5.41, 5.74) is 3.15. The zero-order valence-corrected chi connectivity index (χ0v) is 12.9. The molecule has 0 aliphatic rings. The molecule has 0 aliphatic heterocycles. The van der Waals surface area contributed by atoms with E-state index < -0.39 is 5.82 Å². The maximum absolute atomic E-state index is 14.8. The number of nitrogens with one attached hydrogen (secondary N) is 2. The molecule has 2 heterocycles. The highest BCUT2D eigenvalue weighted by atomic mass is 19.1. The van der Waals surface area contributed by atoms with Crippen molar-refractivity contribution < 1.29 is 4.39 Å². The maximum atomic E-state index is 14.8. The number of H-pyrrole nitrogens is 1. The van der Waals surface area contributed by atoms with Gasteiger partial charge in [0.1, 0.15) is 5.52 Å². The van der Waals surface area contributed by atoms with E-state index in [1.807, 2.05) is 30.3 Å². The Balaban J connectivity index is 1.83. The molecule has 2 N–H and O–H groups in total. The lowest BCUT2D eigenvalue weighted by Crippen LogP contribution is -2.00. The van der Waals surface area contributed by atoms with Crippen molar-refractivity contribution >= 4 is 28.4 Å². The molecule has 4 rings (SSSR count). The number of hydrogen-bond donors (Lipinski definition) is 2. The first-order valence-electron chi connectivity index (χ1n) is 7.44. The number of anilines is 2. The van der Waals surface area contributed by atoms with Crippen LogP contribution >= 0.6 is 0 Å². The van der Waals surface area contributed by atoms with Gasteiger partial charge in [0.15, 0.2) is 5.82 Å². The first-order valence-corrected chi connectivity index (χ1v) is 7.44. The maximum Gasteiger partial charge on any atom is 0.224 e. The molecule has 2 aromatic heterocycles. The summed E-state index contributed by atoms with van der Waals surface area (Å²) in [6, 6.07) is 11.3. The molecule has 25 heavy (non-hydrogen) atoms. The van der Waals surface area contributed by atoms with Crippen molar-refractivity contribution in [3.05, 3.63) is 72.4 Å². The number of fused-ring (bicyclic) bond motifs is 1. The van der Waals surface area contributed by atoms with Crippen LogP contribution in [0.1, 0.15) is 0 Å². The van der Waals surface area contributed by atoms with Crippen LogP contribution in [0.4, 0.5) is 21.7 Å². The van der Waals surface area contributed by atoms with Gasteiger partial charge in [0.2, 0.25) is 11.6 Å². The van der Waals surface area contributed by atoms with Crippen molar-refractivity contribution in [2.24, 2.45) is 0 Å². The Morgan fingerprint density at radius 2 is 1.84 bits per heavy atom. The first kappa shape index (κ1) is 14.8. The topological polar surface area (TPSA) is 70.8 Å². The zero-order valence-electron chi connectivity index (χ0n) is 12.9. The molecule has 0 radical (unpaired) electrons. The van der Waals surface area contributed by atoms with E-state index in [4.69, 9.17) is 6.57 Å². The standard InChI is InChI=1S/C18H11FN6/c1-20-12-8-21-18(22-9-12)25-14-7-13(11-5-3-2-4-6-11)16-17(15(14)19)24-10-23-16/h2-10H,(H,23,24)(H,21,22,25). The minimum Gasteiger partial charge on any atom is -0.344 e. The van der Waals surface area contributed by atoms with Gasteiger partial charge in [-0.25, -0.2) is 24.2 Å². The Morgan fingerprint density at radius 3 is 2.56 bits per heavy atom. The summed E-state index contributed by atoms with van der Waals surface area (Å²) < 4.78 is 14.8. The summed E-state index contributed by atoms with van der Waals surface area (Å²) in [5.74, 6) is -0.283. The molecular weight excluding hydrogens is 319 g/mol. The normalized spacial score (nSPS) is 10.6. The van der Waals surface area contributed by atoms with Gasteiger partial charge in [-0.15, -0.1) is 0 Å². The van der Waals surface area contributed by atoms with E-state index in [-0.39, 0.29) is 17.2 Å². The Labute approximate surface area is 142 Å². The SMILES string of the molecule is [C-]#[N+]c1cnc(Nc2cc(-c3ccccc3)c3[nH]cnc3c2F)nc1. The highest BCUT2D eigenvalue weighted by Gasteiger charge is 2.16.